The Labute approximate surface area is 134 Å². The molecule has 1 aromatic heterocycles. The van der Waals surface area contributed by atoms with Crippen LogP contribution in [0.3, 0.4) is 0 Å². The summed E-state index contributed by atoms with van der Waals surface area (Å²) in [5, 5.41) is 10.5. The first-order valence-electron chi connectivity index (χ1n) is 6.71. The van der Waals surface area contributed by atoms with Crippen molar-refractivity contribution in [2.24, 2.45) is 0 Å². The highest BCUT2D eigenvalue weighted by atomic mass is 79.9. The third-order valence-corrected chi connectivity index (χ3v) is 4.61. The van der Waals surface area contributed by atoms with Crippen molar-refractivity contribution in [2.45, 2.75) is 45.7 Å². The van der Waals surface area contributed by atoms with Gasteiger partial charge in [0.2, 0.25) is 0 Å². The van der Waals surface area contributed by atoms with Gasteiger partial charge in [0.1, 0.15) is 0 Å². The summed E-state index contributed by atoms with van der Waals surface area (Å²) in [4.78, 5) is 14.5. The number of nitrogens with one attached hydrogen (secondary N) is 2. The Bertz CT molecular complexity index is 477. The number of aromatic amines is 1. The van der Waals surface area contributed by atoms with Crippen LogP contribution in [-0.4, -0.2) is 46.2 Å². The van der Waals surface area contributed by atoms with Crippen molar-refractivity contribution in [3.8, 4) is 0 Å². The summed E-state index contributed by atoms with van der Waals surface area (Å²) in [6, 6.07) is 0.479. The van der Waals surface area contributed by atoms with Crippen molar-refractivity contribution < 1.29 is 4.79 Å². The molecule has 114 valence electrons. The van der Waals surface area contributed by atoms with Crippen LogP contribution in [-0.2, 0) is 0 Å². The van der Waals surface area contributed by atoms with Crippen LogP contribution < -0.4 is 5.32 Å². The Morgan fingerprint density at radius 3 is 2.65 bits per heavy atom. The van der Waals surface area contributed by atoms with Crippen molar-refractivity contribution in [3.05, 3.63) is 15.9 Å². The van der Waals surface area contributed by atoms with E-state index in [4.69, 9.17) is 0 Å². The third-order valence-electron chi connectivity index (χ3n) is 3.81. The van der Waals surface area contributed by atoms with Gasteiger partial charge < -0.3 is 10.2 Å². The molecule has 0 spiro atoms. The predicted octanol–water partition coefficient (Wildman–Crippen LogP) is 2.54. The molecule has 1 aliphatic heterocycles. The molecular formula is C13H22BrClN4O. The second kappa shape index (κ2) is 6.91. The maximum absolute atomic E-state index is 12.6. The Hall–Kier alpha value is -0.590. The van der Waals surface area contributed by atoms with Crippen LogP contribution >= 0.6 is 28.3 Å². The van der Waals surface area contributed by atoms with Crippen LogP contribution in [0.4, 0.5) is 0 Å². The smallest absolute Gasteiger partial charge is 0.275 e. The molecule has 1 fully saturated rings. The minimum Gasteiger partial charge on any atom is -0.332 e. The number of piperazine rings is 1. The number of aromatic nitrogens is 2. The molecule has 1 aromatic rings. The van der Waals surface area contributed by atoms with Gasteiger partial charge in [-0.3, -0.25) is 9.89 Å². The van der Waals surface area contributed by atoms with Crippen molar-refractivity contribution in [3.63, 3.8) is 0 Å². The second-order valence-corrected chi connectivity index (χ2v) is 6.23. The van der Waals surface area contributed by atoms with E-state index in [1.807, 2.05) is 4.90 Å². The summed E-state index contributed by atoms with van der Waals surface area (Å²) in [6.45, 7) is 9.86. The first kappa shape index (κ1) is 17.5. The Kier molecular flexibility index (Phi) is 6.04. The highest BCUT2D eigenvalue weighted by Gasteiger charge is 2.31. The van der Waals surface area contributed by atoms with E-state index in [9.17, 15) is 4.79 Å². The summed E-state index contributed by atoms with van der Waals surface area (Å²) in [7, 11) is 0. The van der Waals surface area contributed by atoms with E-state index in [0.717, 1.165) is 23.3 Å². The molecule has 0 aromatic carbocycles. The van der Waals surface area contributed by atoms with Crippen LogP contribution in [0.15, 0.2) is 4.47 Å². The van der Waals surface area contributed by atoms with Gasteiger partial charge in [-0.25, -0.2) is 0 Å². The zero-order valence-corrected chi connectivity index (χ0v) is 14.6. The molecule has 1 saturated heterocycles. The maximum atomic E-state index is 12.6. The fourth-order valence-electron chi connectivity index (χ4n) is 2.35. The lowest BCUT2D eigenvalue weighted by molar-refractivity contribution is 0.0596. The topological polar surface area (TPSA) is 61.0 Å². The summed E-state index contributed by atoms with van der Waals surface area (Å²) in [5.74, 6) is 0.304. The molecule has 2 unspecified atom stereocenters. The average Bonchev–Trinajstić information content (AvgIpc) is 2.74. The normalized spacial score (nSPS) is 22.8. The molecule has 5 nitrogen and oxygen atoms in total. The number of amides is 1. The third kappa shape index (κ3) is 3.18. The van der Waals surface area contributed by atoms with Gasteiger partial charge in [0, 0.05) is 25.2 Å². The molecule has 2 heterocycles. The largest absolute Gasteiger partial charge is 0.332 e. The van der Waals surface area contributed by atoms with Gasteiger partial charge in [0.05, 0.1) is 10.2 Å². The minimum absolute atomic E-state index is 0. The number of nitrogens with zero attached hydrogens (tertiary/aromatic N) is 2. The average molecular weight is 366 g/mol. The van der Waals surface area contributed by atoms with E-state index >= 15 is 0 Å². The summed E-state index contributed by atoms with van der Waals surface area (Å²) in [5.41, 5.74) is 1.46. The van der Waals surface area contributed by atoms with Crippen molar-refractivity contribution >= 4 is 34.2 Å². The fourth-order valence-corrected chi connectivity index (χ4v) is 3.15. The molecule has 0 saturated carbocycles. The van der Waals surface area contributed by atoms with Crippen LogP contribution in [0, 0.1) is 0 Å². The number of halogens is 2. The van der Waals surface area contributed by atoms with Crippen LogP contribution in [0.25, 0.3) is 0 Å². The molecule has 20 heavy (non-hydrogen) atoms. The second-order valence-electron chi connectivity index (χ2n) is 5.44. The molecule has 1 amide bonds. The molecule has 2 atom stereocenters. The van der Waals surface area contributed by atoms with Gasteiger partial charge in [-0.15, -0.1) is 12.4 Å². The van der Waals surface area contributed by atoms with Gasteiger partial charge in [-0.1, -0.05) is 13.8 Å². The zero-order valence-electron chi connectivity index (χ0n) is 12.2. The molecule has 2 rings (SSSR count). The number of carbonyl (C=O) groups excluding carboxylic acids is 1. The van der Waals surface area contributed by atoms with E-state index in [1.165, 1.54) is 0 Å². The highest BCUT2D eigenvalue weighted by Crippen LogP contribution is 2.27. The van der Waals surface area contributed by atoms with E-state index in [0.29, 0.717) is 17.7 Å². The fraction of sp³-hybridized carbons (Fsp3) is 0.692. The number of carbonyl (C=O) groups is 1. The highest BCUT2D eigenvalue weighted by molar-refractivity contribution is 9.10. The van der Waals surface area contributed by atoms with Crippen LogP contribution in [0.1, 0.15) is 49.8 Å². The van der Waals surface area contributed by atoms with Crippen LogP contribution in [0.5, 0.6) is 0 Å². The van der Waals surface area contributed by atoms with E-state index in [2.05, 4.69) is 59.1 Å². The lowest BCUT2D eigenvalue weighted by atomic mass is 10.1. The maximum Gasteiger partial charge on any atom is 0.275 e. The zero-order chi connectivity index (χ0) is 14.2. The molecule has 0 radical (unpaired) electrons. The molecular weight excluding hydrogens is 344 g/mol. The molecule has 0 aliphatic carbocycles. The first-order chi connectivity index (χ1) is 8.93. The molecule has 2 N–H and O–H groups in total. The van der Waals surface area contributed by atoms with Gasteiger partial charge in [-0.05, 0) is 35.7 Å². The predicted molar refractivity (Wildman–Crippen MR) is 85.6 cm³/mol. The van der Waals surface area contributed by atoms with Crippen LogP contribution in [0.2, 0.25) is 0 Å². The van der Waals surface area contributed by atoms with Gasteiger partial charge in [-0.2, -0.15) is 5.10 Å². The lowest BCUT2D eigenvalue weighted by Gasteiger charge is -2.38. The standard InChI is InChI=1S/C13H21BrN4O.ClH/c1-7(2)11-10(14)12(17-16-11)13(19)18-6-5-15-8(3)9(18)4;/h7-9,15H,5-6H2,1-4H3,(H,16,17);1H. The van der Waals surface area contributed by atoms with Crippen molar-refractivity contribution in [2.75, 3.05) is 13.1 Å². The van der Waals surface area contributed by atoms with Gasteiger partial charge in [0.25, 0.3) is 5.91 Å². The lowest BCUT2D eigenvalue weighted by Crippen LogP contribution is -2.57. The van der Waals surface area contributed by atoms with Crippen molar-refractivity contribution in [1.82, 2.24) is 20.4 Å². The molecule has 7 heteroatoms. The summed E-state index contributed by atoms with van der Waals surface area (Å²) >= 11 is 3.50. The molecule has 1 aliphatic rings. The Morgan fingerprint density at radius 2 is 2.10 bits per heavy atom. The summed E-state index contributed by atoms with van der Waals surface area (Å²) < 4.78 is 0.797. The number of rotatable bonds is 2. The van der Waals surface area contributed by atoms with E-state index in [-0.39, 0.29) is 24.4 Å². The SMILES string of the molecule is CC(C)c1[nH]nc(C(=O)N2CCNC(C)C2C)c1Br.Cl. The first-order valence-corrected chi connectivity index (χ1v) is 7.50. The Balaban J connectivity index is 0.00000200. The Morgan fingerprint density at radius 1 is 1.45 bits per heavy atom. The van der Waals surface area contributed by atoms with E-state index < -0.39 is 0 Å². The minimum atomic E-state index is -0.00382. The number of hydrogen-bond donors (Lipinski definition) is 2. The monoisotopic (exact) mass is 364 g/mol. The van der Waals surface area contributed by atoms with Crippen molar-refractivity contribution in [1.29, 1.82) is 0 Å². The number of H-pyrrole nitrogens is 1. The van der Waals surface area contributed by atoms with Gasteiger partial charge in [0.15, 0.2) is 5.69 Å². The van der Waals surface area contributed by atoms with Gasteiger partial charge >= 0.3 is 0 Å². The quantitative estimate of drug-likeness (QED) is 0.846. The van der Waals surface area contributed by atoms with E-state index in [1.54, 1.807) is 0 Å². The number of hydrogen-bond acceptors (Lipinski definition) is 3. The molecule has 0 bridgehead atoms. The summed E-state index contributed by atoms with van der Waals surface area (Å²) in [6.07, 6.45) is 0.